The van der Waals surface area contributed by atoms with Crippen LogP contribution in [-0.4, -0.2) is 25.0 Å². The third-order valence-corrected chi connectivity index (χ3v) is 3.38. The van der Waals surface area contributed by atoms with Gasteiger partial charge in [0.15, 0.2) is 11.5 Å². The first-order valence-corrected chi connectivity index (χ1v) is 6.52. The Hall–Kier alpha value is -0.870. The molecule has 2 rings (SSSR count). The van der Waals surface area contributed by atoms with Crippen molar-refractivity contribution in [2.24, 2.45) is 5.73 Å². The van der Waals surface area contributed by atoms with E-state index in [1.165, 1.54) is 4.90 Å². The van der Waals surface area contributed by atoms with E-state index in [1.54, 1.807) is 11.8 Å². The molecule has 1 aromatic carbocycles. The third-order valence-electron chi connectivity index (χ3n) is 2.36. The standard InChI is InChI=1S/C12H17NO2S/c1-9(13)4-7-16-10-2-3-11-12(8-10)15-6-5-14-11/h2-3,8-9H,4-7,13H2,1H3. The minimum absolute atomic E-state index is 0.268. The zero-order valence-electron chi connectivity index (χ0n) is 9.44. The Kier molecular flexibility index (Phi) is 3.96. The lowest BCUT2D eigenvalue weighted by Crippen LogP contribution is -2.15. The highest BCUT2D eigenvalue weighted by Crippen LogP contribution is 2.34. The normalized spacial score (nSPS) is 15.9. The van der Waals surface area contributed by atoms with Gasteiger partial charge in [-0.2, -0.15) is 0 Å². The summed E-state index contributed by atoms with van der Waals surface area (Å²) in [6.45, 7) is 3.31. The minimum Gasteiger partial charge on any atom is -0.486 e. The molecular weight excluding hydrogens is 222 g/mol. The summed E-state index contributed by atoms with van der Waals surface area (Å²) in [6.07, 6.45) is 1.03. The van der Waals surface area contributed by atoms with Crippen LogP contribution in [0.5, 0.6) is 11.5 Å². The Morgan fingerprint density at radius 2 is 2.06 bits per heavy atom. The molecule has 1 atom stereocenters. The van der Waals surface area contributed by atoms with E-state index in [1.807, 2.05) is 19.1 Å². The van der Waals surface area contributed by atoms with Gasteiger partial charge in [0.1, 0.15) is 13.2 Å². The smallest absolute Gasteiger partial charge is 0.162 e. The topological polar surface area (TPSA) is 44.5 Å². The summed E-state index contributed by atoms with van der Waals surface area (Å²) < 4.78 is 11.0. The molecule has 0 spiro atoms. The van der Waals surface area contributed by atoms with E-state index in [2.05, 4.69) is 6.07 Å². The largest absolute Gasteiger partial charge is 0.486 e. The highest BCUT2D eigenvalue weighted by atomic mass is 32.2. The zero-order chi connectivity index (χ0) is 11.4. The van der Waals surface area contributed by atoms with Crippen molar-refractivity contribution in [2.45, 2.75) is 24.3 Å². The molecule has 0 aliphatic carbocycles. The molecule has 0 amide bonds. The molecule has 1 heterocycles. The van der Waals surface area contributed by atoms with Gasteiger partial charge in [0.25, 0.3) is 0 Å². The SMILES string of the molecule is CC(N)CCSc1ccc2c(c1)OCCO2. The van der Waals surface area contributed by atoms with Gasteiger partial charge in [-0.3, -0.25) is 0 Å². The fourth-order valence-corrected chi connectivity index (χ4v) is 2.56. The summed E-state index contributed by atoms with van der Waals surface area (Å²) in [6, 6.07) is 6.35. The first kappa shape index (κ1) is 11.6. The molecule has 1 aromatic rings. The van der Waals surface area contributed by atoms with Crippen molar-refractivity contribution in [3.63, 3.8) is 0 Å². The van der Waals surface area contributed by atoms with Crippen molar-refractivity contribution in [1.29, 1.82) is 0 Å². The maximum absolute atomic E-state index is 5.71. The molecule has 1 aliphatic heterocycles. The van der Waals surface area contributed by atoms with E-state index >= 15 is 0 Å². The molecule has 1 unspecified atom stereocenters. The number of benzene rings is 1. The maximum Gasteiger partial charge on any atom is 0.162 e. The number of ether oxygens (including phenoxy) is 2. The minimum atomic E-state index is 0.268. The number of fused-ring (bicyclic) bond motifs is 1. The summed E-state index contributed by atoms with van der Waals surface area (Å²) in [4.78, 5) is 1.21. The van der Waals surface area contributed by atoms with Crippen LogP contribution in [-0.2, 0) is 0 Å². The van der Waals surface area contributed by atoms with Crippen molar-refractivity contribution in [3.8, 4) is 11.5 Å². The monoisotopic (exact) mass is 239 g/mol. The van der Waals surface area contributed by atoms with Gasteiger partial charge in [0, 0.05) is 10.9 Å². The molecule has 3 nitrogen and oxygen atoms in total. The van der Waals surface area contributed by atoms with Gasteiger partial charge >= 0.3 is 0 Å². The highest BCUT2D eigenvalue weighted by molar-refractivity contribution is 7.99. The molecule has 0 saturated carbocycles. The van der Waals surface area contributed by atoms with E-state index in [0.29, 0.717) is 13.2 Å². The average Bonchev–Trinajstić information content (AvgIpc) is 2.28. The van der Waals surface area contributed by atoms with Gasteiger partial charge < -0.3 is 15.2 Å². The van der Waals surface area contributed by atoms with Crippen LogP contribution in [0.15, 0.2) is 23.1 Å². The van der Waals surface area contributed by atoms with Gasteiger partial charge in [-0.05, 0) is 37.3 Å². The van der Waals surface area contributed by atoms with E-state index in [4.69, 9.17) is 15.2 Å². The number of nitrogens with two attached hydrogens (primary N) is 1. The zero-order valence-corrected chi connectivity index (χ0v) is 10.3. The van der Waals surface area contributed by atoms with Crippen LogP contribution in [0.25, 0.3) is 0 Å². The van der Waals surface area contributed by atoms with Crippen LogP contribution in [0.4, 0.5) is 0 Å². The lowest BCUT2D eigenvalue weighted by molar-refractivity contribution is 0.171. The molecule has 2 N–H and O–H groups in total. The fourth-order valence-electron chi connectivity index (χ4n) is 1.48. The number of thioether (sulfide) groups is 1. The molecule has 0 radical (unpaired) electrons. The van der Waals surface area contributed by atoms with E-state index < -0.39 is 0 Å². The average molecular weight is 239 g/mol. The van der Waals surface area contributed by atoms with Gasteiger partial charge in [0.05, 0.1) is 0 Å². The van der Waals surface area contributed by atoms with Crippen LogP contribution in [0.3, 0.4) is 0 Å². The van der Waals surface area contributed by atoms with E-state index in [-0.39, 0.29) is 6.04 Å². The van der Waals surface area contributed by atoms with Gasteiger partial charge in [-0.1, -0.05) is 0 Å². The van der Waals surface area contributed by atoms with Gasteiger partial charge in [-0.25, -0.2) is 0 Å². The van der Waals surface area contributed by atoms with Crippen LogP contribution in [0.2, 0.25) is 0 Å². The quantitative estimate of drug-likeness (QED) is 0.819. The third kappa shape index (κ3) is 3.06. The van der Waals surface area contributed by atoms with Crippen molar-refractivity contribution >= 4 is 11.8 Å². The van der Waals surface area contributed by atoms with Crippen molar-refractivity contribution in [1.82, 2.24) is 0 Å². The second-order valence-electron chi connectivity index (χ2n) is 3.92. The fraction of sp³-hybridized carbons (Fsp3) is 0.500. The highest BCUT2D eigenvalue weighted by Gasteiger charge is 2.11. The molecule has 16 heavy (non-hydrogen) atoms. The Bertz CT molecular complexity index is 355. The Morgan fingerprint density at radius 3 is 2.81 bits per heavy atom. The molecule has 0 saturated heterocycles. The van der Waals surface area contributed by atoms with Gasteiger partial charge in [-0.15, -0.1) is 11.8 Å². The lowest BCUT2D eigenvalue weighted by Gasteiger charge is -2.18. The van der Waals surface area contributed by atoms with Crippen LogP contribution >= 0.6 is 11.8 Å². The predicted octanol–water partition coefficient (Wildman–Crippen LogP) is 2.29. The van der Waals surface area contributed by atoms with Crippen molar-refractivity contribution in [3.05, 3.63) is 18.2 Å². The van der Waals surface area contributed by atoms with Crippen molar-refractivity contribution < 1.29 is 9.47 Å². The summed E-state index contributed by atoms with van der Waals surface area (Å²) in [5, 5.41) is 0. The molecule has 4 heteroatoms. The summed E-state index contributed by atoms with van der Waals surface area (Å²) in [5.74, 6) is 2.75. The summed E-state index contributed by atoms with van der Waals surface area (Å²) >= 11 is 1.81. The Labute approximate surface area is 100 Å². The van der Waals surface area contributed by atoms with Crippen LogP contribution in [0, 0.1) is 0 Å². The maximum atomic E-state index is 5.71. The first-order chi connectivity index (χ1) is 7.75. The Morgan fingerprint density at radius 1 is 1.31 bits per heavy atom. The van der Waals surface area contributed by atoms with Crippen LogP contribution in [0.1, 0.15) is 13.3 Å². The summed E-state index contributed by atoms with van der Waals surface area (Å²) in [5.41, 5.74) is 5.71. The van der Waals surface area contributed by atoms with E-state index in [0.717, 1.165) is 23.7 Å². The summed E-state index contributed by atoms with van der Waals surface area (Å²) in [7, 11) is 0. The van der Waals surface area contributed by atoms with Crippen molar-refractivity contribution in [2.75, 3.05) is 19.0 Å². The molecule has 88 valence electrons. The van der Waals surface area contributed by atoms with Crippen LogP contribution < -0.4 is 15.2 Å². The van der Waals surface area contributed by atoms with Gasteiger partial charge in [0.2, 0.25) is 0 Å². The molecule has 1 aliphatic rings. The molecule has 0 bridgehead atoms. The second-order valence-corrected chi connectivity index (χ2v) is 5.09. The molecule has 0 fully saturated rings. The number of rotatable bonds is 4. The predicted molar refractivity (Wildman–Crippen MR) is 66.4 cm³/mol. The Balaban J connectivity index is 1.95. The molecule has 0 aromatic heterocycles. The lowest BCUT2D eigenvalue weighted by atomic mass is 10.3. The van der Waals surface area contributed by atoms with E-state index in [9.17, 15) is 0 Å². The number of hydrogen-bond donors (Lipinski definition) is 1. The first-order valence-electron chi connectivity index (χ1n) is 5.54. The molecular formula is C12H17NO2S. The number of hydrogen-bond acceptors (Lipinski definition) is 4. The second kappa shape index (κ2) is 5.46.